The molecule has 2 aromatic rings. The second-order valence-corrected chi connectivity index (χ2v) is 15.0. The van der Waals surface area contributed by atoms with Gasteiger partial charge in [0.15, 0.2) is 5.78 Å². The van der Waals surface area contributed by atoms with Gasteiger partial charge in [-0.15, -0.1) is 0 Å². The van der Waals surface area contributed by atoms with Gasteiger partial charge in [0.2, 0.25) is 0 Å². The molecule has 0 saturated carbocycles. The highest BCUT2D eigenvalue weighted by Crippen LogP contribution is 2.37. The van der Waals surface area contributed by atoms with Crippen molar-refractivity contribution in [3.8, 4) is 0 Å². The van der Waals surface area contributed by atoms with E-state index >= 15 is 0 Å². The van der Waals surface area contributed by atoms with Gasteiger partial charge in [-0.25, -0.2) is 4.39 Å². The molecule has 0 aliphatic carbocycles. The van der Waals surface area contributed by atoms with E-state index in [1.54, 1.807) is 30.0 Å². The maximum Gasteiger partial charge on any atom is 0.165 e. The molecule has 0 aliphatic heterocycles. The van der Waals surface area contributed by atoms with Crippen molar-refractivity contribution in [3.63, 3.8) is 0 Å². The van der Waals surface area contributed by atoms with E-state index in [1.165, 1.54) is 35.6 Å². The van der Waals surface area contributed by atoms with E-state index in [1.807, 2.05) is 26.0 Å². The second kappa shape index (κ2) is 29.4. The number of aliphatic hydroxyl groups is 1. The number of aliphatic imine (C=N–C) groups is 1. The molecule has 0 radical (unpaired) electrons. The van der Waals surface area contributed by atoms with E-state index in [0.29, 0.717) is 30.6 Å². The fourth-order valence-corrected chi connectivity index (χ4v) is 6.43. The van der Waals surface area contributed by atoms with Crippen LogP contribution < -0.4 is 0 Å². The van der Waals surface area contributed by atoms with Crippen LogP contribution in [0.4, 0.5) is 4.39 Å². The van der Waals surface area contributed by atoms with Gasteiger partial charge in [0.1, 0.15) is 5.82 Å². The first-order chi connectivity index (χ1) is 24.8. The Kier molecular flexibility index (Phi) is 27.6. The van der Waals surface area contributed by atoms with E-state index in [4.69, 9.17) is 0 Å². The Morgan fingerprint density at radius 1 is 0.865 bits per heavy atom. The zero-order valence-corrected chi connectivity index (χ0v) is 35.1. The predicted molar refractivity (Wildman–Crippen MR) is 228 cm³/mol. The molecule has 0 saturated heterocycles. The number of allylic oxidation sites excluding steroid dienone is 5. The molecule has 4 unspecified atom stereocenters. The van der Waals surface area contributed by atoms with Crippen LogP contribution >= 0.6 is 0 Å². The fourth-order valence-electron chi connectivity index (χ4n) is 6.43. The Morgan fingerprint density at radius 2 is 1.50 bits per heavy atom. The fraction of sp³-hybridized carbons (Fsp3) is 0.583. The average molecular weight is 718 g/mol. The molecule has 0 aliphatic rings. The number of halogens is 1. The van der Waals surface area contributed by atoms with Gasteiger partial charge in [-0.1, -0.05) is 135 Å². The highest BCUT2D eigenvalue weighted by Gasteiger charge is 2.22. The Hall–Kier alpha value is -3.11. The number of hydrogen-bond donors (Lipinski definition) is 1. The molecule has 4 atom stereocenters. The van der Waals surface area contributed by atoms with E-state index in [-0.39, 0.29) is 23.9 Å². The van der Waals surface area contributed by atoms with Crippen molar-refractivity contribution < 1.29 is 14.3 Å². The highest BCUT2D eigenvalue weighted by atomic mass is 19.1. The molecule has 2 aromatic carbocycles. The lowest BCUT2D eigenvalue weighted by molar-refractivity contribution is 0.0969. The zero-order chi connectivity index (χ0) is 39.5. The molecule has 0 heterocycles. The van der Waals surface area contributed by atoms with Crippen molar-refractivity contribution in [1.29, 1.82) is 0 Å². The van der Waals surface area contributed by atoms with Gasteiger partial charge >= 0.3 is 0 Å². The van der Waals surface area contributed by atoms with Crippen LogP contribution in [0.2, 0.25) is 0 Å². The van der Waals surface area contributed by atoms with Crippen molar-refractivity contribution in [2.24, 2.45) is 34.6 Å². The Balaban J connectivity index is 0.00000156. The zero-order valence-electron chi connectivity index (χ0n) is 35.1. The molecular formula is C48H76FNO2. The molecule has 1 N–H and O–H groups in total. The largest absolute Gasteiger partial charge is 0.396 e. The number of Topliss-reactive ketones (excluding diaryl/α,β-unsaturated/α-hetero) is 1. The summed E-state index contributed by atoms with van der Waals surface area (Å²) in [5.74, 6) is 2.06. The van der Waals surface area contributed by atoms with Crippen LogP contribution in [0.5, 0.6) is 0 Å². The summed E-state index contributed by atoms with van der Waals surface area (Å²) in [6.07, 6.45) is 16.5. The maximum absolute atomic E-state index is 13.9. The minimum absolute atomic E-state index is 0.139. The lowest BCUT2D eigenvalue weighted by Crippen LogP contribution is -2.15. The molecule has 52 heavy (non-hydrogen) atoms. The summed E-state index contributed by atoms with van der Waals surface area (Å²) in [6, 6.07) is 15.2. The van der Waals surface area contributed by atoms with E-state index < -0.39 is 5.82 Å². The van der Waals surface area contributed by atoms with Gasteiger partial charge in [0.05, 0.1) is 5.56 Å². The van der Waals surface area contributed by atoms with Gasteiger partial charge in [-0.2, -0.15) is 0 Å². The van der Waals surface area contributed by atoms with Crippen LogP contribution in [0.15, 0.2) is 83.5 Å². The number of carbonyl (C=O) groups excluding carboxylic acids is 1. The first kappa shape index (κ1) is 48.9. The van der Waals surface area contributed by atoms with E-state index in [2.05, 4.69) is 98.2 Å². The lowest BCUT2D eigenvalue weighted by atomic mass is 9.78. The summed E-state index contributed by atoms with van der Waals surface area (Å²) in [5, 5.41) is 10.1. The number of rotatable bonds is 21. The molecule has 0 fully saturated rings. The number of carbonyl (C=O) groups is 1. The van der Waals surface area contributed by atoms with Crippen molar-refractivity contribution in [3.05, 3.63) is 101 Å². The predicted octanol–water partition coefficient (Wildman–Crippen LogP) is 14.4. The number of ketones is 1. The number of benzene rings is 2. The third-order valence-corrected chi connectivity index (χ3v) is 9.98. The first-order valence-electron chi connectivity index (χ1n) is 20.3. The van der Waals surface area contributed by atoms with Crippen LogP contribution in [0, 0.1) is 42.3 Å². The summed E-state index contributed by atoms with van der Waals surface area (Å²) in [5.41, 5.74) is 6.79. The summed E-state index contributed by atoms with van der Waals surface area (Å²) < 4.78 is 13.9. The minimum atomic E-state index is -0.449. The van der Waals surface area contributed by atoms with Gasteiger partial charge in [0.25, 0.3) is 0 Å². The Morgan fingerprint density at radius 3 is 1.98 bits per heavy atom. The minimum Gasteiger partial charge on any atom is -0.396 e. The Labute approximate surface area is 320 Å². The van der Waals surface area contributed by atoms with Crippen molar-refractivity contribution in [1.82, 2.24) is 0 Å². The summed E-state index contributed by atoms with van der Waals surface area (Å²) in [6.45, 7) is 28.0. The van der Waals surface area contributed by atoms with Crippen LogP contribution in [0.25, 0.3) is 5.57 Å². The topological polar surface area (TPSA) is 49.7 Å². The van der Waals surface area contributed by atoms with Crippen LogP contribution in [-0.2, 0) is 0 Å². The summed E-state index contributed by atoms with van der Waals surface area (Å²) in [7, 11) is 0. The number of nitrogens with zero attached hydrogens (tertiary/aromatic N) is 1. The normalized spacial score (nSPS) is 14.2. The molecule has 0 spiro atoms. The van der Waals surface area contributed by atoms with Crippen molar-refractivity contribution in [2.75, 3.05) is 6.61 Å². The summed E-state index contributed by atoms with van der Waals surface area (Å²) >= 11 is 0. The van der Waals surface area contributed by atoms with Crippen LogP contribution in [0.3, 0.4) is 0 Å². The number of aryl methyl sites for hydroxylation is 1. The average Bonchev–Trinajstić information content (AvgIpc) is 3.12. The van der Waals surface area contributed by atoms with Crippen LogP contribution in [0.1, 0.15) is 161 Å². The molecule has 0 bridgehead atoms. The molecular weight excluding hydrogens is 642 g/mol. The molecule has 4 heteroatoms. The summed E-state index contributed by atoms with van der Waals surface area (Å²) in [4.78, 5) is 16.4. The molecule has 3 nitrogen and oxygen atoms in total. The molecule has 0 amide bonds. The molecule has 0 aromatic heterocycles. The highest BCUT2D eigenvalue weighted by molar-refractivity contribution is 5.96. The lowest BCUT2D eigenvalue weighted by Gasteiger charge is -2.27. The van der Waals surface area contributed by atoms with Gasteiger partial charge in [-0.3, -0.25) is 9.79 Å². The quantitative estimate of drug-likeness (QED) is 0.103. The van der Waals surface area contributed by atoms with Gasteiger partial charge in [-0.05, 0) is 125 Å². The van der Waals surface area contributed by atoms with E-state index in [9.17, 15) is 14.3 Å². The third-order valence-electron chi connectivity index (χ3n) is 9.98. The smallest absolute Gasteiger partial charge is 0.165 e. The van der Waals surface area contributed by atoms with E-state index in [0.717, 1.165) is 56.6 Å². The maximum atomic E-state index is 13.9. The molecule has 2 rings (SSSR count). The van der Waals surface area contributed by atoms with Gasteiger partial charge in [0, 0.05) is 24.9 Å². The van der Waals surface area contributed by atoms with Crippen LogP contribution in [-0.4, -0.2) is 23.7 Å². The SMILES string of the molecule is C=C(C)N=C/C=C\C.CCC(CC/C(=C(\c1ccc(C)cc1)C(C)CC)C(C)CC)CC(CO)CCCC(=O)c1ccccc1F.CCCC(C)C. The number of hydrogen-bond acceptors (Lipinski definition) is 3. The van der Waals surface area contributed by atoms with Crippen molar-refractivity contribution >= 4 is 17.6 Å². The Bertz CT molecular complexity index is 1340. The van der Waals surface area contributed by atoms with Gasteiger partial charge < -0.3 is 5.11 Å². The second-order valence-electron chi connectivity index (χ2n) is 15.0. The molecule has 292 valence electrons. The number of aliphatic hydroxyl groups excluding tert-OH is 1. The first-order valence-corrected chi connectivity index (χ1v) is 20.3. The standard InChI is InChI=1S/C35H51FO2.C7H11N.C6H14/c1-7-26(5)31(35(27(6)8-2)30-20-17-25(4)18-21-30)22-19-28(9-3)23-29(24-37)13-12-16-34(38)32-14-10-11-15-33(32)36;1-4-5-6-8-7(2)3;1-4-5-6(2)3/h10-11,14-15,17-18,20-21,26-29,37H,7-9,12-13,16,19,22-24H2,1-6H3;4-6H,2H2,1,3H3;6H,4-5H2,1-3H3/b35-31+;5-4-,8-6?;. The van der Waals surface area contributed by atoms with Crippen molar-refractivity contribution in [2.45, 2.75) is 147 Å². The third kappa shape index (κ3) is 20.8. The monoisotopic (exact) mass is 718 g/mol.